The Labute approximate surface area is 150 Å². The Morgan fingerprint density at radius 2 is 2.17 bits per heavy atom. The zero-order valence-electron chi connectivity index (χ0n) is 12.2. The summed E-state index contributed by atoms with van der Waals surface area (Å²) in [6, 6.07) is 5.38. The average Bonchev–Trinajstić information content (AvgIpc) is 3.12. The van der Waals surface area contributed by atoms with Crippen LogP contribution in [-0.2, 0) is 6.54 Å². The van der Waals surface area contributed by atoms with E-state index in [-0.39, 0.29) is 24.4 Å². The van der Waals surface area contributed by atoms with Gasteiger partial charge in [0.1, 0.15) is 0 Å². The summed E-state index contributed by atoms with van der Waals surface area (Å²) in [7, 11) is 0. The average molecular weight is 379 g/mol. The fraction of sp³-hybridized carbons (Fsp3) is 0.429. The van der Waals surface area contributed by atoms with E-state index < -0.39 is 0 Å². The molecule has 126 valence electrons. The summed E-state index contributed by atoms with van der Waals surface area (Å²) in [5, 5.41) is 25.3. The lowest BCUT2D eigenvalue weighted by molar-refractivity contribution is 0.146. The number of halogens is 3. The largest absolute Gasteiger partial charge is 0.391 e. The predicted octanol–water partition coefficient (Wildman–Crippen LogP) is 1.67. The zero-order chi connectivity index (χ0) is 15.5. The number of aliphatic hydroxyl groups is 1. The van der Waals surface area contributed by atoms with Gasteiger partial charge in [-0.15, -0.1) is 17.5 Å². The molecular weight excluding hydrogens is 361 g/mol. The van der Waals surface area contributed by atoms with Gasteiger partial charge in [0.15, 0.2) is 0 Å². The highest BCUT2D eigenvalue weighted by Crippen LogP contribution is 2.27. The van der Waals surface area contributed by atoms with E-state index in [9.17, 15) is 5.11 Å². The maximum Gasteiger partial charge on any atom is 0.0969 e. The lowest BCUT2D eigenvalue weighted by Gasteiger charge is -2.13. The molecule has 0 aliphatic carbocycles. The van der Waals surface area contributed by atoms with Crippen LogP contribution in [0.3, 0.4) is 0 Å². The SMILES string of the molecule is Cl.OC1CNCC1CNCc1cn(-c2cccc(Cl)c2Cl)nn1. The van der Waals surface area contributed by atoms with Crippen molar-refractivity contribution in [2.75, 3.05) is 19.6 Å². The van der Waals surface area contributed by atoms with Crippen LogP contribution >= 0.6 is 35.6 Å². The Balaban J connectivity index is 0.00000192. The van der Waals surface area contributed by atoms with Crippen LogP contribution in [0, 0.1) is 5.92 Å². The van der Waals surface area contributed by atoms with Gasteiger partial charge in [-0.3, -0.25) is 0 Å². The minimum Gasteiger partial charge on any atom is -0.391 e. The Bertz CT molecular complexity index is 651. The zero-order valence-corrected chi connectivity index (χ0v) is 14.6. The van der Waals surface area contributed by atoms with Crippen molar-refractivity contribution in [2.45, 2.75) is 12.6 Å². The van der Waals surface area contributed by atoms with Crippen molar-refractivity contribution in [2.24, 2.45) is 5.92 Å². The van der Waals surface area contributed by atoms with Gasteiger partial charge < -0.3 is 15.7 Å². The molecular formula is C14H18Cl3N5O. The molecule has 3 N–H and O–H groups in total. The Kier molecular flexibility index (Phi) is 6.64. The van der Waals surface area contributed by atoms with Gasteiger partial charge in [0.2, 0.25) is 0 Å². The molecule has 6 nitrogen and oxygen atoms in total. The third-order valence-corrected chi connectivity index (χ3v) is 4.54. The maximum atomic E-state index is 9.73. The first-order chi connectivity index (χ1) is 10.6. The number of aliphatic hydroxyl groups excluding tert-OH is 1. The van der Waals surface area contributed by atoms with Crippen molar-refractivity contribution in [3.05, 3.63) is 40.1 Å². The van der Waals surface area contributed by atoms with Gasteiger partial charge in [-0.25, -0.2) is 4.68 Å². The molecule has 2 heterocycles. The van der Waals surface area contributed by atoms with E-state index in [4.69, 9.17) is 23.2 Å². The maximum absolute atomic E-state index is 9.73. The molecule has 0 spiro atoms. The number of nitrogens with one attached hydrogen (secondary N) is 2. The number of benzene rings is 1. The van der Waals surface area contributed by atoms with E-state index in [1.54, 1.807) is 10.7 Å². The van der Waals surface area contributed by atoms with Crippen LogP contribution in [0.4, 0.5) is 0 Å². The minimum absolute atomic E-state index is 0. The molecule has 0 saturated carbocycles. The van der Waals surface area contributed by atoms with Crippen molar-refractivity contribution in [1.29, 1.82) is 0 Å². The second-order valence-corrected chi connectivity index (χ2v) is 6.13. The van der Waals surface area contributed by atoms with Gasteiger partial charge in [0, 0.05) is 32.1 Å². The summed E-state index contributed by atoms with van der Waals surface area (Å²) in [5.41, 5.74) is 1.50. The van der Waals surface area contributed by atoms with Crippen LogP contribution in [0.25, 0.3) is 5.69 Å². The van der Waals surface area contributed by atoms with E-state index in [0.29, 0.717) is 28.8 Å². The molecule has 1 saturated heterocycles. The van der Waals surface area contributed by atoms with Crippen LogP contribution in [0.15, 0.2) is 24.4 Å². The third-order valence-electron chi connectivity index (χ3n) is 3.74. The molecule has 1 fully saturated rings. The molecule has 1 aromatic heterocycles. The minimum atomic E-state index is -0.284. The summed E-state index contributed by atoms with van der Waals surface area (Å²) in [4.78, 5) is 0. The third kappa shape index (κ3) is 4.35. The van der Waals surface area contributed by atoms with Crippen LogP contribution in [0.1, 0.15) is 5.69 Å². The normalized spacial score (nSPS) is 20.5. The molecule has 3 rings (SSSR count). The Hall–Kier alpha value is -0.890. The number of aromatic nitrogens is 3. The van der Waals surface area contributed by atoms with Crippen LogP contribution in [0.2, 0.25) is 10.0 Å². The quantitative estimate of drug-likeness (QED) is 0.738. The summed E-state index contributed by atoms with van der Waals surface area (Å²) in [5.74, 6) is 0.234. The smallest absolute Gasteiger partial charge is 0.0969 e. The monoisotopic (exact) mass is 377 g/mol. The van der Waals surface area contributed by atoms with Gasteiger partial charge >= 0.3 is 0 Å². The Morgan fingerprint density at radius 3 is 2.91 bits per heavy atom. The second kappa shape index (κ2) is 8.28. The first-order valence-electron chi connectivity index (χ1n) is 7.10. The standard InChI is InChI=1S/C14H17Cl2N5O.ClH/c15-11-2-1-3-12(14(11)16)21-8-10(19-20-21)6-17-4-9-5-18-7-13(9)22;/h1-3,8-9,13,17-18,22H,4-7H2;1H. The highest BCUT2D eigenvalue weighted by Gasteiger charge is 2.24. The molecule has 1 aliphatic heterocycles. The lowest BCUT2D eigenvalue weighted by atomic mass is 10.1. The molecule has 2 aromatic rings. The van der Waals surface area contributed by atoms with E-state index in [1.165, 1.54) is 0 Å². The first-order valence-corrected chi connectivity index (χ1v) is 7.86. The fourth-order valence-electron chi connectivity index (χ4n) is 2.48. The van der Waals surface area contributed by atoms with Crippen molar-refractivity contribution in [3.63, 3.8) is 0 Å². The van der Waals surface area contributed by atoms with Crippen molar-refractivity contribution < 1.29 is 5.11 Å². The number of rotatable bonds is 5. The number of β-amino-alcohol motifs (C(OH)–C–C–N with tert-alkyl or cyclic N) is 1. The van der Waals surface area contributed by atoms with Gasteiger partial charge in [-0.1, -0.05) is 34.5 Å². The molecule has 1 aromatic carbocycles. The second-order valence-electron chi connectivity index (χ2n) is 5.34. The van der Waals surface area contributed by atoms with E-state index in [1.807, 2.05) is 18.3 Å². The first kappa shape index (κ1) is 18.4. The lowest BCUT2D eigenvalue weighted by Crippen LogP contribution is -2.30. The van der Waals surface area contributed by atoms with Crippen LogP contribution < -0.4 is 10.6 Å². The Morgan fingerprint density at radius 1 is 1.35 bits per heavy atom. The molecule has 2 atom stereocenters. The molecule has 0 amide bonds. The van der Waals surface area contributed by atoms with Gasteiger partial charge in [-0.2, -0.15) is 0 Å². The van der Waals surface area contributed by atoms with E-state index >= 15 is 0 Å². The summed E-state index contributed by atoms with van der Waals surface area (Å²) >= 11 is 12.2. The molecule has 1 aliphatic rings. The van der Waals surface area contributed by atoms with E-state index in [0.717, 1.165) is 18.8 Å². The van der Waals surface area contributed by atoms with Crippen LogP contribution in [-0.4, -0.2) is 45.8 Å². The van der Waals surface area contributed by atoms with Gasteiger partial charge in [-0.05, 0) is 12.1 Å². The molecule has 23 heavy (non-hydrogen) atoms. The van der Waals surface area contributed by atoms with Crippen molar-refractivity contribution in [3.8, 4) is 5.69 Å². The van der Waals surface area contributed by atoms with Gasteiger partial charge in [0.05, 0.1) is 33.7 Å². The summed E-state index contributed by atoms with van der Waals surface area (Å²) in [6.07, 6.45) is 1.53. The fourth-order valence-corrected chi connectivity index (χ4v) is 2.86. The number of nitrogens with zero attached hydrogens (tertiary/aromatic N) is 3. The summed E-state index contributed by atoms with van der Waals surface area (Å²) in [6.45, 7) is 2.81. The van der Waals surface area contributed by atoms with Crippen LogP contribution in [0.5, 0.6) is 0 Å². The number of hydrogen-bond acceptors (Lipinski definition) is 5. The molecule has 2 unspecified atom stereocenters. The number of hydrogen-bond donors (Lipinski definition) is 3. The topological polar surface area (TPSA) is 75.0 Å². The van der Waals surface area contributed by atoms with E-state index in [2.05, 4.69) is 20.9 Å². The highest BCUT2D eigenvalue weighted by molar-refractivity contribution is 6.43. The van der Waals surface area contributed by atoms with Crippen molar-refractivity contribution >= 4 is 35.6 Å². The predicted molar refractivity (Wildman–Crippen MR) is 92.7 cm³/mol. The summed E-state index contributed by atoms with van der Waals surface area (Å²) < 4.78 is 1.61. The molecule has 9 heteroatoms. The molecule has 0 radical (unpaired) electrons. The van der Waals surface area contributed by atoms with Gasteiger partial charge in [0.25, 0.3) is 0 Å². The highest BCUT2D eigenvalue weighted by atomic mass is 35.5. The van der Waals surface area contributed by atoms with Crippen molar-refractivity contribution in [1.82, 2.24) is 25.6 Å². The molecule has 0 bridgehead atoms.